The van der Waals surface area contributed by atoms with Crippen molar-refractivity contribution in [1.29, 1.82) is 0 Å². The van der Waals surface area contributed by atoms with E-state index in [-0.39, 0.29) is 17.7 Å². The minimum atomic E-state index is -0.428. The molecule has 6 nitrogen and oxygen atoms in total. The molecule has 1 aromatic rings. The second kappa shape index (κ2) is 8.33. The molecule has 6 heteroatoms. The van der Waals surface area contributed by atoms with Gasteiger partial charge >= 0.3 is 0 Å². The second-order valence-corrected chi connectivity index (χ2v) is 9.34. The lowest BCUT2D eigenvalue weighted by atomic mass is 9.74. The molecule has 3 fully saturated rings. The maximum Gasteiger partial charge on any atom is 0.230 e. The summed E-state index contributed by atoms with van der Waals surface area (Å²) in [6.45, 7) is 2.96. The van der Waals surface area contributed by atoms with E-state index >= 15 is 0 Å². The van der Waals surface area contributed by atoms with E-state index in [2.05, 4.69) is 14.8 Å². The Labute approximate surface area is 174 Å². The normalized spacial score (nSPS) is 28.0. The smallest absolute Gasteiger partial charge is 0.230 e. The maximum atomic E-state index is 13.4. The first-order chi connectivity index (χ1) is 14.0. The Morgan fingerprint density at radius 1 is 1.10 bits per heavy atom. The van der Waals surface area contributed by atoms with E-state index in [1.165, 1.54) is 19.3 Å². The van der Waals surface area contributed by atoms with Crippen LogP contribution in [0, 0.1) is 17.3 Å². The standard InChI is InChI=1S/C23H34N4O2/c1-25(2)22(29)23-12-8-14-26(21(28)18-9-4-3-5-10-18)15-19(23)16-27(17-23)20-11-6-7-13-24-20/h6-7,11,13,18-19H,3-5,8-10,12,14-17H2,1-2H3/t19-,23-/m0/s1. The molecule has 2 aliphatic heterocycles. The molecule has 0 N–H and O–H groups in total. The zero-order valence-electron chi connectivity index (χ0n) is 17.8. The maximum absolute atomic E-state index is 13.4. The number of pyridine rings is 1. The van der Waals surface area contributed by atoms with E-state index in [1.54, 1.807) is 4.90 Å². The van der Waals surface area contributed by atoms with Crippen LogP contribution in [-0.4, -0.2) is 66.9 Å². The van der Waals surface area contributed by atoms with Gasteiger partial charge in [0.05, 0.1) is 5.41 Å². The number of amides is 2. The molecule has 0 aromatic carbocycles. The highest BCUT2D eigenvalue weighted by Gasteiger charge is 2.54. The van der Waals surface area contributed by atoms with E-state index in [9.17, 15) is 9.59 Å². The molecule has 0 bridgehead atoms. The summed E-state index contributed by atoms with van der Waals surface area (Å²) in [5.41, 5.74) is -0.428. The predicted molar refractivity (Wildman–Crippen MR) is 113 cm³/mol. The fraction of sp³-hybridized carbons (Fsp3) is 0.696. The number of anilines is 1. The Hall–Kier alpha value is -2.11. The summed E-state index contributed by atoms with van der Waals surface area (Å²) >= 11 is 0. The summed E-state index contributed by atoms with van der Waals surface area (Å²) in [6.07, 6.45) is 9.20. The van der Waals surface area contributed by atoms with Crippen LogP contribution >= 0.6 is 0 Å². The summed E-state index contributed by atoms with van der Waals surface area (Å²) in [4.78, 5) is 37.3. The van der Waals surface area contributed by atoms with Gasteiger partial charge in [-0.1, -0.05) is 25.3 Å². The highest BCUT2D eigenvalue weighted by molar-refractivity contribution is 5.85. The van der Waals surface area contributed by atoms with E-state index in [4.69, 9.17) is 0 Å². The number of carbonyl (C=O) groups is 2. The summed E-state index contributed by atoms with van der Waals surface area (Å²) in [6, 6.07) is 5.93. The van der Waals surface area contributed by atoms with Crippen LogP contribution in [0.15, 0.2) is 24.4 Å². The van der Waals surface area contributed by atoms with E-state index < -0.39 is 5.41 Å². The average Bonchev–Trinajstić information content (AvgIpc) is 3.02. The molecule has 2 saturated heterocycles. The first kappa shape index (κ1) is 20.2. The van der Waals surface area contributed by atoms with Crippen LogP contribution in [0.4, 0.5) is 5.82 Å². The molecule has 1 saturated carbocycles. The van der Waals surface area contributed by atoms with Gasteiger partial charge in [0.2, 0.25) is 11.8 Å². The Balaban J connectivity index is 1.58. The molecular weight excluding hydrogens is 364 g/mol. The summed E-state index contributed by atoms with van der Waals surface area (Å²) in [5.74, 6) is 1.79. The molecule has 3 aliphatic rings. The lowest BCUT2D eigenvalue weighted by Crippen LogP contribution is -2.48. The quantitative estimate of drug-likeness (QED) is 0.786. The van der Waals surface area contributed by atoms with E-state index in [0.29, 0.717) is 19.0 Å². The van der Waals surface area contributed by atoms with Crippen molar-refractivity contribution in [3.8, 4) is 0 Å². The number of hydrogen-bond acceptors (Lipinski definition) is 4. The summed E-state index contributed by atoms with van der Waals surface area (Å²) in [5, 5.41) is 0. The third-order valence-corrected chi connectivity index (χ3v) is 7.26. The van der Waals surface area contributed by atoms with Crippen LogP contribution in [-0.2, 0) is 9.59 Å². The second-order valence-electron chi connectivity index (χ2n) is 9.34. The highest BCUT2D eigenvalue weighted by atomic mass is 16.2. The number of aromatic nitrogens is 1. The summed E-state index contributed by atoms with van der Waals surface area (Å²) < 4.78 is 0. The van der Waals surface area contributed by atoms with Crippen molar-refractivity contribution in [2.75, 3.05) is 45.2 Å². The van der Waals surface area contributed by atoms with Crippen LogP contribution in [0.1, 0.15) is 44.9 Å². The molecule has 0 radical (unpaired) electrons. The number of rotatable bonds is 3. The number of nitrogens with zero attached hydrogens (tertiary/aromatic N) is 4. The van der Waals surface area contributed by atoms with Gasteiger partial charge in [0.1, 0.15) is 5.82 Å². The number of carbonyl (C=O) groups excluding carboxylic acids is 2. The molecule has 1 aliphatic carbocycles. The average molecular weight is 399 g/mol. The molecule has 2 atom stereocenters. The Morgan fingerprint density at radius 3 is 2.59 bits per heavy atom. The zero-order valence-corrected chi connectivity index (χ0v) is 17.8. The minimum Gasteiger partial charge on any atom is -0.355 e. The van der Waals surface area contributed by atoms with Crippen LogP contribution in [0.2, 0.25) is 0 Å². The number of fused-ring (bicyclic) bond motifs is 1. The molecule has 0 spiro atoms. The fourth-order valence-corrected chi connectivity index (χ4v) is 5.75. The predicted octanol–water partition coefficient (Wildman–Crippen LogP) is 2.80. The van der Waals surface area contributed by atoms with Crippen molar-refractivity contribution in [3.05, 3.63) is 24.4 Å². The van der Waals surface area contributed by atoms with E-state index in [0.717, 1.165) is 44.6 Å². The van der Waals surface area contributed by atoms with Gasteiger partial charge < -0.3 is 14.7 Å². The highest BCUT2D eigenvalue weighted by Crippen LogP contribution is 2.45. The van der Waals surface area contributed by atoms with Crippen LogP contribution in [0.3, 0.4) is 0 Å². The van der Waals surface area contributed by atoms with Crippen molar-refractivity contribution >= 4 is 17.6 Å². The Bertz CT molecular complexity index is 732. The first-order valence-corrected chi connectivity index (χ1v) is 11.2. The van der Waals surface area contributed by atoms with Gasteiger partial charge in [0.25, 0.3) is 0 Å². The van der Waals surface area contributed by atoms with Gasteiger partial charge in [-0.25, -0.2) is 4.98 Å². The SMILES string of the molecule is CN(C)C(=O)[C@]12CCCN(C(=O)C3CCCCC3)C[C@H]1CN(c1ccccn1)C2. The molecule has 29 heavy (non-hydrogen) atoms. The van der Waals surface area contributed by atoms with Crippen molar-refractivity contribution < 1.29 is 9.59 Å². The molecule has 0 unspecified atom stereocenters. The lowest BCUT2D eigenvalue weighted by molar-refractivity contribution is -0.142. The van der Waals surface area contributed by atoms with Crippen molar-refractivity contribution in [2.24, 2.45) is 17.3 Å². The molecule has 2 amide bonds. The van der Waals surface area contributed by atoms with Crippen LogP contribution in [0.5, 0.6) is 0 Å². The molecule has 158 valence electrons. The van der Waals surface area contributed by atoms with Gasteiger partial charge in [-0.05, 0) is 37.8 Å². The molecule has 4 rings (SSSR count). The third kappa shape index (κ3) is 3.86. The van der Waals surface area contributed by atoms with Gasteiger partial charge in [-0.2, -0.15) is 0 Å². The molecule has 3 heterocycles. The van der Waals surface area contributed by atoms with Crippen molar-refractivity contribution in [1.82, 2.24) is 14.8 Å². The summed E-state index contributed by atoms with van der Waals surface area (Å²) in [7, 11) is 3.71. The van der Waals surface area contributed by atoms with Gasteiger partial charge in [-0.15, -0.1) is 0 Å². The molecular formula is C23H34N4O2. The third-order valence-electron chi connectivity index (χ3n) is 7.26. The Morgan fingerprint density at radius 2 is 1.90 bits per heavy atom. The monoisotopic (exact) mass is 398 g/mol. The molecule has 1 aromatic heterocycles. The van der Waals surface area contributed by atoms with Crippen molar-refractivity contribution in [3.63, 3.8) is 0 Å². The minimum absolute atomic E-state index is 0.148. The van der Waals surface area contributed by atoms with Crippen molar-refractivity contribution in [2.45, 2.75) is 44.9 Å². The zero-order chi connectivity index (χ0) is 20.4. The fourth-order valence-electron chi connectivity index (χ4n) is 5.75. The Kier molecular flexibility index (Phi) is 5.79. The van der Waals surface area contributed by atoms with Gasteiger partial charge in [0, 0.05) is 58.3 Å². The van der Waals surface area contributed by atoms with E-state index in [1.807, 2.05) is 38.5 Å². The van der Waals surface area contributed by atoms with Gasteiger partial charge in [0.15, 0.2) is 0 Å². The number of likely N-dealkylation sites (tertiary alicyclic amines) is 1. The first-order valence-electron chi connectivity index (χ1n) is 11.2. The van der Waals surface area contributed by atoms with Crippen LogP contribution < -0.4 is 4.90 Å². The van der Waals surface area contributed by atoms with Gasteiger partial charge in [-0.3, -0.25) is 9.59 Å². The lowest BCUT2D eigenvalue weighted by Gasteiger charge is -2.35. The largest absolute Gasteiger partial charge is 0.355 e. The van der Waals surface area contributed by atoms with Crippen LogP contribution in [0.25, 0.3) is 0 Å². The topological polar surface area (TPSA) is 56.8 Å². The number of hydrogen-bond donors (Lipinski definition) is 0.